The molecule has 10 heteroatoms. The van der Waals surface area contributed by atoms with E-state index in [1.165, 1.54) is 17.7 Å². The quantitative estimate of drug-likeness (QED) is 0.0589. The lowest BCUT2D eigenvalue weighted by atomic mass is 9.76. The molecule has 0 radical (unpaired) electrons. The maximum Gasteiger partial charge on any atom is 0.323 e. The van der Waals surface area contributed by atoms with Gasteiger partial charge in [0.05, 0.1) is 23.0 Å². The summed E-state index contributed by atoms with van der Waals surface area (Å²) < 4.78 is 18.5. The third-order valence-electron chi connectivity index (χ3n) is 9.87. The lowest BCUT2D eigenvalue weighted by Gasteiger charge is -2.31. The fraction of sp³-hybridized carbons (Fsp3) is 0.386. The maximum absolute atomic E-state index is 14.1. The van der Waals surface area contributed by atoms with Gasteiger partial charge in [0.1, 0.15) is 36.2 Å². The highest BCUT2D eigenvalue weighted by molar-refractivity contribution is 6.02. The molecule has 0 aliphatic heterocycles. The first-order valence-electron chi connectivity index (χ1n) is 18.7. The number of phenols is 1. The molecule has 0 spiro atoms. The SMILES string of the molecule is CCCCC(Oc1ccc(C(C)(C)CC)cc1C(C)(C)CC)C(=O)Nc1cc(O)c(NC(=O)Nc2ccc(C#N)cc2)cc1OCCOc1ccccc1. The second-order valence-corrected chi connectivity index (χ2v) is 14.6. The van der Waals surface area contributed by atoms with Crippen molar-refractivity contribution in [2.75, 3.05) is 29.2 Å². The summed E-state index contributed by atoms with van der Waals surface area (Å²) in [4.78, 5) is 27.0. The Morgan fingerprint density at radius 3 is 2.11 bits per heavy atom. The van der Waals surface area contributed by atoms with Crippen molar-refractivity contribution in [1.82, 2.24) is 0 Å². The largest absolute Gasteiger partial charge is 0.506 e. The van der Waals surface area contributed by atoms with Crippen LogP contribution in [-0.4, -0.2) is 36.4 Å². The van der Waals surface area contributed by atoms with Crippen molar-refractivity contribution in [3.05, 3.63) is 102 Å². The summed E-state index contributed by atoms with van der Waals surface area (Å²) in [6.45, 7) is 15.5. The van der Waals surface area contributed by atoms with Crippen molar-refractivity contribution in [2.45, 2.75) is 97.5 Å². The van der Waals surface area contributed by atoms with Crippen LogP contribution in [0.3, 0.4) is 0 Å². The van der Waals surface area contributed by atoms with Crippen LogP contribution in [0, 0.1) is 11.3 Å². The zero-order chi connectivity index (χ0) is 39.3. The summed E-state index contributed by atoms with van der Waals surface area (Å²) in [5.41, 5.74) is 3.21. The first-order valence-corrected chi connectivity index (χ1v) is 18.7. The molecule has 0 aliphatic rings. The summed E-state index contributed by atoms with van der Waals surface area (Å²) in [5, 5.41) is 28.4. The van der Waals surface area contributed by atoms with Crippen LogP contribution in [0.1, 0.15) is 97.3 Å². The molecule has 0 bridgehead atoms. The molecular formula is C44H54N4O6. The Labute approximate surface area is 319 Å². The number of hydrogen-bond donors (Lipinski definition) is 4. The second-order valence-electron chi connectivity index (χ2n) is 14.6. The maximum atomic E-state index is 14.1. The molecule has 0 saturated heterocycles. The number of aromatic hydroxyl groups is 1. The Bertz CT molecular complexity index is 1900. The predicted octanol–water partition coefficient (Wildman–Crippen LogP) is 10.3. The standard InChI is InChI=1S/C44H54N4O6/c1-8-11-17-39(54-38-23-20-31(43(4,5)9-2)26-34(38)44(6,7)10-3)41(50)47-36-27-37(49)35(48-42(51)46-32-21-18-30(29-45)19-22-32)28-40(36)53-25-24-52-33-15-13-12-14-16-33/h12-16,18-23,26-28,39,49H,8-11,17,24-25H2,1-7H3,(H,47,50)(H2,46,48,51). The van der Waals surface area contributed by atoms with Gasteiger partial charge in [-0.25, -0.2) is 4.79 Å². The lowest BCUT2D eigenvalue weighted by Crippen LogP contribution is -2.34. The minimum Gasteiger partial charge on any atom is -0.506 e. The molecule has 4 aromatic rings. The van der Waals surface area contributed by atoms with Gasteiger partial charge in [0.25, 0.3) is 5.91 Å². The number of phenolic OH excluding ortho intramolecular Hbond substituents is 1. The Balaban J connectivity index is 1.61. The number of nitrogens with zero attached hydrogens (tertiary/aromatic N) is 1. The van der Waals surface area contributed by atoms with E-state index in [0.717, 1.165) is 31.2 Å². The van der Waals surface area contributed by atoms with Crippen LogP contribution >= 0.6 is 0 Å². The first-order chi connectivity index (χ1) is 25.8. The zero-order valence-electron chi connectivity index (χ0n) is 32.5. The molecular weight excluding hydrogens is 681 g/mol. The fourth-order valence-electron chi connectivity index (χ4n) is 5.60. The number of urea groups is 1. The summed E-state index contributed by atoms with van der Waals surface area (Å²) in [5.74, 6) is 0.861. The smallest absolute Gasteiger partial charge is 0.323 e. The highest BCUT2D eigenvalue weighted by atomic mass is 16.5. The molecule has 54 heavy (non-hydrogen) atoms. The fourth-order valence-corrected chi connectivity index (χ4v) is 5.60. The second kappa shape index (κ2) is 18.9. The molecule has 0 aromatic heterocycles. The third-order valence-corrected chi connectivity index (χ3v) is 9.87. The van der Waals surface area contributed by atoms with Crippen LogP contribution in [0.2, 0.25) is 0 Å². The van der Waals surface area contributed by atoms with Crippen molar-refractivity contribution < 1.29 is 28.9 Å². The normalized spacial score (nSPS) is 11.9. The Kier molecular flexibility index (Phi) is 14.4. The van der Waals surface area contributed by atoms with E-state index in [-0.39, 0.29) is 46.9 Å². The third kappa shape index (κ3) is 11.2. The van der Waals surface area contributed by atoms with E-state index < -0.39 is 18.0 Å². The van der Waals surface area contributed by atoms with Crippen molar-refractivity contribution >= 4 is 29.0 Å². The molecule has 10 nitrogen and oxygen atoms in total. The molecule has 0 heterocycles. The van der Waals surface area contributed by atoms with E-state index in [9.17, 15) is 14.7 Å². The van der Waals surface area contributed by atoms with Gasteiger partial charge >= 0.3 is 6.03 Å². The molecule has 1 unspecified atom stereocenters. The van der Waals surface area contributed by atoms with Gasteiger partial charge in [0, 0.05) is 23.4 Å². The Hall–Kier alpha value is -5.69. The number of amides is 3. The van der Waals surface area contributed by atoms with E-state index in [2.05, 4.69) is 76.5 Å². The number of hydrogen-bond acceptors (Lipinski definition) is 7. The zero-order valence-corrected chi connectivity index (χ0v) is 32.5. The molecule has 4 N–H and O–H groups in total. The number of nitrogens with one attached hydrogen (secondary N) is 3. The molecule has 0 aliphatic carbocycles. The van der Waals surface area contributed by atoms with Gasteiger partial charge in [0.2, 0.25) is 0 Å². The van der Waals surface area contributed by atoms with E-state index in [4.69, 9.17) is 19.5 Å². The van der Waals surface area contributed by atoms with Crippen LogP contribution in [-0.2, 0) is 15.6 Å². The van der Waals surface area contributed by atoms with Gasteiger partial charge in [-0.2, -0.15) is 5.26 Å². The molecule has 0 fully saturated rings. The van der Waals surface area contributed by atoms with Gasteiger partial charge in [-0.3, -0.25) is 4.79 Å². The van der Waals surface area contributed by atoms with Gasteiger partial charge < -0.3 is 35.3 Å². The number of carbonyl (C=O) groups excluding carboxylic acids is 2. The lowest BCUT2D eigenvalue weighted by molar-refractivity contribution is -0.123. The summed E-state index contributed by atoms with van der Waals surface area (Å²) >= 11 is 0. The average Bonchev–Trinajstić information content (AvgIpc) is 3.17. The number of benzene rings is 4. The van der Waals surface area contributed by atoms with Gasteiger partial charge in [0.15, 0.2) is 6.10 Å². The number of anilines is 3. The van der Waals surface area contributed by atoms with Crippen molar-refractivity contribution in [3.8, 4) is 29.1 Å². The number of unbranched alkanes of at least 4 members (excludes halogenated alkanes) is 1. The predicted molar refractivity (Wildman–Crippen MR) is 215 cm³/mol. The number of para-hydroxylation sites is 1. The summed E-state index contributed by atoms with van der Waals surface area (Å²) in [6, 6.07) is 26.2. The number of rotatable bonds is 18. The van der Waals surface area contributed by atoms with Crippen LogP contribution in [0.15, 0.2) is 84.9 Å². The molecule has 3 amide bonds. The Morgan fingerprint density at radius 1 is 0.778 bits per heavy atom. The average molecular weight is 735 g/mol. The van der Waals surface area contributed by atoms with E-state index in [1.54, 1.807) is 24.3 Å². The minimum atomic E-state index is -0.839. The first kappa shape index (κ1) is 41.1. The van der Waals surface area contributed by atoms with Crippen LogP contribution < -0.4 is 30.2 Å². The van der Waals surface area contributed by atoms with Crippen molar-refractivity contribution in [1.29, 1.82) is 5.26 Å². The summed E-state index contributed by atoms with van der Waals surface area (Å²) in [6.07, 6.45) is 3.12. The van der Waals surface area contributed by atoms with Gasteiger partial charge in [-0.15, -0.1) is 0 Å². The molecule has 0 saturated carbocycles. The Morgan fingerprint density at radius 2 is 1.46 bits per heavy atom. The molecule has 286 valence electrons. The van der Waals surface area contributed by atoms with E-state index in [1.807, 2.05) is 42.5 Å². The van der Waals surface area contributed by atoms with Crippen LogP contribution in [0.5, 0.6) is 23.0 Å². The topological polar surface area (TPSA) is 142 Å². The summed E-state index contributed by atoms with van der Waals surface area (Å²) in [7, 11) is 0. The van der Waals surface area contributed by atoms with Gasteiger partial charge in [-0.1, -0.05) is 85.2 Å². The molecule has 4 aromatic carbocycles. The minimum absolute atomic E-state index is 0.0219. The molecule has 1 atom stereocenters. The van der Waals surface area contributed by atoms with Gasteiger partial charge in [-0.05, 0) is 84.5 Å². The van der Waals surface area contributed by atoms with E-state index in [0.29, 0.717) is 29.2 Å². The van der Waals surface area contributed by atoms with Crippen molar-refractivity contribution in [3.63, 3.8) is 0 Å². The number of nitriles is 1. The van der Waals surface area contributed by atoms with E-state index >= 15 is 0 Å². The molecule has 4 rings (SSSR count). The highest BCUT2D eigenvalue weighted by Gasteiger charge is 2.30. The van der Waals surface area contributed by atoms with Crippen LogP contribution in [0.25, 0.3) is 0 Å². The van der Waals surface area contributed by atoms with Crippen molar-refractivity contribution in [2.24, 2.45) is 0 Å². The number of carbonyl (C=O) groups is 2. The van der Waals surface area contributed by atoms with Crippen LogP contribution in [0.4, 0.5) is 21.9 Å². The number of ether oxygens (including phenoxy) is 3. The monoisotopic (exact) mass is 734 g/mol. The highest BCUT2D eigenvalue weighted by Crippen LogP contribution is 2.40.